The van der Waals surface area contributed by atoms with Crippen LogP contribution >= 0.6 is 0 Å². The molecule has 0 spiro atoms. The van der Waals surface area contributed by atoms with Crippen LogP contribution in [0.5, 0.6) is 5.75 Å². The number of carbonyl (C=O) groups excluding carboxylic acids is 1. The van der Waals surface area contributed by atoms with Gasteiger partial charge in [-0.3, -0.25) is 4.79 Å². The summed E-state index contributed by atoms with van der Waals surface area (Å²) in [5, 5.41) is 4.31. The van der Waals surface area contributed by atoms with E-state index in [0.717, 1.165) is 42.6 Å². The number of rotatable bonds is 4. The lowest BCUT2D eigenvalue weighted by molar-refractivity contribution is 0.0758. The van der Waals surface area contributed by atoms with Crippen molar-refractivity contribution in [1.29, 1.82) is 0 Å². The smallest absolute Gasteiger partial charge is 0.270 e. The Bertz CT molecular complexity index is 992. The number of piperidine rings is 1. The number of benzene rings is 1. The molecule has 0 radical (unpaired) electrons. The van der Waals surface area contributed by atoms with Gasteiger partial charge in [-0.15, -0.1) is 0 Å². The van der Waals surface area contributed by atoms with Gasteiger partial charge in [0.05, 0.1) is 11.5 Å². The Kier molecular flexibility index (Phi) is 5.57. The summed E-state index contributed by atoms with van der Waals surface area (Å²) in [6.45, 7) is 6.56. The lowest BCUT2D eigenvalue weighted by atomic mass is 10.1. The molecular weight excluding hydrogens is 390 g/mol. The van der Waals surface area contributed by atoms with Crippen molar-refractivity contribution in [3.63, 3.8) is 0 Å². The van der Waals surface area contributed by atoms with Gasteiger partial charge in [0.15, 0.2) is 9.84 Å². The van der Waals surface area contributed by atoms with Gasteiger partial charge in [0.2, 0.25) is 0 Å². The predicted octanol–water partition coefficient (Wildman–Crippen LogP) is 2.22. The highest BCUT2D eigenvalue weighted by atomic mass is 32.2. The average molecular weight is 420 g/mol. The van der Waals surface area contributed by atoms with Crippen LogP contribution in [-0.4, -0.2) is 67.6 Å². The van der Waals surface area contributed by atoms with Crippen LogP contribution in [0.25, 0.3) is 10.9 Å². The van der Waals surface area contributed by atoms with Crippen LogP contribution in [0.15, 0.2) is 24.3 Å². The molecule has 1 amide bonds. The van der Waals surface area contributed by atoms with Crippen molar-refractivity contribution in [2.45, 2.75) is 38.8 Å². The van der Waals surface area contributed by atoms with Crippen molar-refractivity contribution in [2.24, 2.45) is 0 Å². The van der Waals surface area contributed by atoms with Gasteiger partial charge in [-0.25, -0.2) is 8.42 Å². The van der Waals surface area contributed by atoms with Gasteiger partial charge in [0.25, 0.3) is 5.91 Å². The van der Waals surface area contributed by atoms with Crippen molar-refractivity contribution in [3.8, 4) is 5.75 Å². The summed E-state index contributed by atoms with van der Waals surface area (Å²) in [6, 6.07) is 8.02. The molecule has 0 atom stereocenters. The Balaban J connectivity index is 1.62. The van der Waals surface area contributed by atoms with Crippen molar-refractivity contribution < 1.29 is 17.9 Å². The van der Waals surface area contributed by atoms with Crippen LogP contribution in [0.1, 0.15) is 43.2 Å². The molecule has 1 N–H and O–H groups in total. The molecule has 2 aliphatic rings. The Labute approximate surface area is 171 Å². The molecule has 2 fully saturated rings. The third-order valence-electron chi connectivity index (χ3n) is 5.77. The number of nitrogens with zero attached hydrogens (tertiary/aromatic N) is 2. The van der Waals surface area contributed by atoms with E-state index in [1.165, 1.54) is 0 Å². The summed E-state index contributed by atoms with van der Waals surface area (Å²) in [5.74, 6) is 0.794. The maximum Gasteiger partial charge on any atom is 0.270 e. The zero-order chi connectivity index (χ0) is 20.6. The zero-order valence-corrected chi connectivity index (χ0v) is 17.9. The third kappa shape index (κ3) is 4.28. The van der Waals surface area contributed by atoms with Gasteiger partial charge >= 0.3 is 0 Å². The quantitative estimate of drug-likeness (QED) is 0.822. The fraction of sp³-hybridized carbons (Fsp3) is 0.571. The van der Waals surface area contributed by atoms with E-state index in [4.69, 9.17) is 4.74 Å². The van der Waals surface area contributed by atoms with Crippen molar-refractivity contribution >= 4 is 26.6 Å². The standard InChI is InChI=1S/C21H29N3O4S/c1-15(2)24-19-4-3-18(28-17-5-7-22-8-6-17)13-16(19)14-20(24)21(25)23-9-11-29(26,27)12-10-23/h3-4,13-15,17,22H,5-12H2,1-2H3. The van der Waals surface area contributed by atoms with E-state index < -0.39 is 9.84 Å². The molecule has 2 aromatic rings. The van der Waals surface area contributed by atoms with E-state index in [9.17, 15) is 13.2 Å². The summed E-state index contributed by atoms with van der Waals surface area (Å²) in [7, 11) is -3.02. The topological polar surface area (TPSA) is 80.6 Å². The monoisotopic (exact) mass is 419 g/mol. The molecule has 3 heterocycles. The maximum atomic E-state index is 13.2. The number of aromatic nitrogens is 1. The minimum atomic E-state index is -3.02. The van der Waals surface area contributed by atoms with Gasteiger partial charge in [0, 0.05) is 30.0 Å². The molecule has 0 bridgehead atoms. The summed E-state index contributed by atoms with van der Waals surface area (Å²) < 4.78 is 31.6. The zero-order valence-electron chi connectivity index (χ0n) is 17.1. The third-order valence-corrected chi connectivity index (χ3v) is 7.38. The van der Waals surface area contributed by atoms with E-state index in [2.05, 4.69) is 19.2 Å². The molecule has 0 unspecified atom stereocenters. The maximum absolute atomic E-state index is 13.2. The van der Waals surface area contributed by atoms with E-state index in [0.29, 0.717) is 5.69 Å². The normalized spacial score (nSPS) is 20.3. The molecule has 1 aromatic carbocycles. The number of nitrogens with one attached hydrogen (secondary N) is 1. The van der Waals surface area contributed by atoms with Crippen LogP contribution in [0.3, 0.4) is 0 Å². The highest BCUT2D eigenvalue weighted by molar-refractivity contribution is 7.91. The summed E-state index contributed by atoms with van der Waals surface area (Å²) in [5.41, 5.74) is 1.60. The average Bonchev–Trinajstić information content (AvgIpc) is 3.07. The molecule has 29 heavy (non-hydrogen) atoms. The van der Waals surface area contributed by atoms with Crippen molar-refractivity contribution in [3.05, 3.63) is 30.0 Å². The fourth-order valence-corrected chi connectivity index (χ4v) is 5.39. The Morgan fingerprint density at radius 2 is 1.83 bits per heavy atom. The second kappa shape index (κ2) is 7.99. The minimum Gasteiger partial charge on any atom is -0.490 e. The van der Waals surface area contributed by atoms with Gasteiger partial charge in [-0.05, 0) is 64.0 Å². The molecule has 0 aliphatic carbocycles. The molecule has 2 saturated heterocycles. The number of amides is 1. The number of hydrogen-bond acceptors (Lipinski definition) is 5. The van der Waals surface area contributed by atoms with E-state index in [-0.39, 0.29) is 42.6 Å². The first kappa shape index (κ1) is 20.2. The Morgan fingerprint density at radius 3 is 2.48 bits per heavy atom. The van der Waals surface area contributed by atoms with Crippen molar-refractivity contribution in [2.75, 3.05) is 37.7 Å². The Morgan fingerprint density at radius 1 is 1.14 bits per heavy atom. The van der Waals surface area contributed by atoms with Crippen LogP contribution in [0, 0.1) is 0 Å². The summed E-state index contributed by atoms with van der Waals surface area (Å²) in [6.07, 6.45) is 2.21. The van der Waals surface area contributed by atoms with E-state index >= 15 is 0 Å². The number of carbonyl (C=O) groups is 1. The highest BCUT2D eigenvalue weighted by Gasteiger charge is 2.28. The molecule has 4 rings (SSSR count). The molecular formula is C21H29N3O4S. The van der Waals surface area contributed by atoms with Gasteiger partial charge in [-0.1, -0.05) is 0 Å². The summed E-state index contributed by atoms with van der Waals surface area (Å²) >= 11 is 0. The first-order valence-corrected chi connectivity index (χ1v) is 12.2. The molecule has 0 saturated carbocycles. The number of sulfone groups is 1. The predicted molar refractivity (Wildman–Crippen MR) is 113 cm³/mol. The first-order chi connectivity index (χ1) is 13.8. The molecule has 7 nitrogen and oxygen atoms in total. The van der Waals surface area contributed by atoms with Crippen LogP contribution in [0.2, 0.25) is 0 Å². The highest BCUT2D eigenvalue weighted by Crippen LogP contribution is 2.29. The fourth-order valence-electron chi connectivity index (χ4n) is 4.19. The van der Waals surface area contributed by atoms with Gasteiger partial charge < -0.3 is 19.5 Å². The lowest BCUT2D eigenvalue weighted by Gasteiger charge is -2.27. The number of fused-ring (bicyclic) bond motifs is 1. The molecule has 2 aliphatic heterocycles. The molecule has 8 heteroatoms. The minimum absolute atomic E-state index is 0.0366. The molecule has 1 aromatic heterocycles. The number of hydrogen-bond donors (Lipinski definition) is 1. The first-order valence-electron chi connectivity index (χ1n) is 10.4. The van der Waals surface area contributed by atoms with Crippen LogP contribution < -0.4 is 10.1 Å². The largest absolute Gasteiger partial charge is 0.490 e. The lowest BCUT2D eigenvalue weighted by Crippen LogP contribution is -2.44. The SMILES string of the molecule is CC(C)n1c(C(=O)N2CCS(=O)(=O)CC2)cc2cc(OC3CCNCC3)ccc21. The summed E-state index contributed by atoms with van der Waals surface area (Å²) in [4.78, 5) is 14.8. The van der Waals surface area contributed by atoms with E-state index in [1.807, 2.05) is 28.8 Å². The van der Waals surface area contributed by atoms with Gasteiger partial charge in [0.1, 0.15) is 17.5 Å². The van der Waals surface area contributed by atoms with Crippen LogP contribution in [0.4, 0.5) is 0 Å². The second-order valence-corrected chi connectivity index (χ2v) is 10.5. The van der Waals surface area contributed by atoms with E-state index in [1.54, 1.807) is 4.90 Å². The van der Waals surface area contributed by atoms with Gasteiger partial charge in [-0.2, -0.15) is 0 Å². The number of ether oxygens (including phenoxy) is 1. The van der Waals surface area contributed by atoms with Crippen LogP contribution in [-0.2, 0) is 9.84 Å². The van der Waals surface area contributed by atoms with Crippen molar-refractivity contribution in [1.82, 2.24) is 14.8 Å². The molecule has 158 valence electrons. The Hall–Kier alpha value is -2.06. The second-order valence-electron chi connectivity index (χ2n) is 8.23.